The monoisotopic (exact) mass is 515 g/mol. The molecule has 0 aliphatic rings. The Balaban J connectivity index is 2.38. The molecule has 7 nitrogen and oxygen atoms in total. The number of nitrogens with one attached hydrogen (secondary N) is 1. The van der Waals surface area contributed by atoms with E-state index in [1.807, 2.05) is 0 Å². The Hall–Kier alpha value is -2.10. The van der Waals surface area contributed by atoms with Gasteiger partial charge in [0.25, 0.3) is 0 Å². The number of hydrogen-bond acceptors (Lipinski definition) is 4. The topological polar surface area (TPSA) is 86.8 Å². The predicted octanol–water partition coefficient (Wildman–Crippen LogP) is 3.03. The van der Waals surface area contributed by atoms with Gasteiger partial charge >= 0.3 is 0 Å². The van der Waals surface area contributed by atoms with Crippen molar-refractivity contribution in [3.05, 3.63) is 63.6 Å². The number of sulfonamides is 1. The molecule has 162 valence electrons. The fourth-order valence-electron chi connectivity index (χ4n) is 2.87. The van der Waals surface area contributed by atoms with Crippen molar-refractivity contribution in [1.29, 1.82) is 0 Å². The molecule has 0 saturated heterocycles. The Morgan fingerprint density at radius 2 is 1.83 bits per heavy atom. The van der Waals surface area contributed by atoms with Crippen LogP contribution in [0.5, 0.6) is 0 Å². The molecule has 30 heavy (non-hydrogen) atoms. The van der Waals surface area contributed by atoms with E-state index in [1.165, 1.54) is 11.9 Å². The zero-order chi connectivity index (χ0) is 22.5. The fourth-order valence-corrected chi connectivity index (χ4v) is 4.31. The second-order valence-electron chi connectivity index (χ2n) is 6.69. The zero-order valence-corrected chi connectivity index (χ0v) is 20.0. The molecule has 0 aliphatic heterocycles. The number of carbonyl (C=O) groups excluding carboxylic acids is 2. The van der Waals surface area contributed by atoms with Crippen LogP contribution in [-0.2, 0) is 26.2 Å². The van der Waals surface area contributed by atoms with E-state index < -0.39 is 28.5 Å². The summed E-state index contributed by atoms with van der Waals surface area (Å²) >= 11 is 9.35. The molecule has 0 radical (unpaired) electrons. The number of rotatable bonds is 8. The van der Waals surface area contributed by atoms with Crippen molar-refractivity contribution in [3.63, 3.8) is 0 Å². The number of halogens is 2. The summed E-state index contributed by atoms with van der Waals surface area (Å²) in [5, 5.41) is 3.02. The van der Waals surface area contributed by atoms with Crippen LogP contribution in [0.4, 0.5) is 5.69 Å². The van der Waals surface area contributed by atoms with E-state index in [1.54, 1.807) is 55.5 Å². The molecular weight excluding hydrogens is 494 g/mol. The first-order valence-electron chi connectivity index (χ1n) is 9.01. The van der Waals surface area contributed by atoms with Crippen LogP contribution < -0.4 is 9.62 Å². The normalized spacial score (nSPS) is 12.2. The van der Waals surface area contributed by atoms with Gasteiger partial charge in [0.15, 0.2) is 0 Å². The van der Waals surface area contributed by atoms with E-state index in [0.29, 0.717) is 15.2 Å². The van der Waals surface area contributed by atoms with Gasteiger partial charge in [0.2, 0.25) is 21.8 Å². The fraction of sp³-hybridized carbons (Fsp3) is 0.300. The molecule has 0 unspecified atom stereocenters. The lowest BCUT2D eigenvalue weighted by molar-refractivity contribution is -0.139. The van der Waals surface area contributed by atoms with Crippen LogP contribution in [-0.4, -0.2) is 51.0 Å². The SMILES string of the molecule is CNC(=O)[C@H](C)N(Cc1cccc(Cl)c1)C(=O)CN(c1cccc(Br)c1)S(C)(=O)=O. The highest BCUT2D eigenvalue weighted by Crippen LogP contribution is 2.23. The van der Waals surface area contributed by atoms with Gasteiger partial charge in [-0.25, -0.2) is 8.42 Å². The van der Waals surface area contributed by atoms with Crippen molar-refractivity contribution >= 4 is 55.1 Å². The minimum Gasteiger partial charge on any atom is -0.357 e. The summed E-state index contributed by atoms with van der Waals surface area (Å²) in [5.74, 6) is -0.879. The Labute approximate surface area is 190 Å². The van der Waals surface area contributed by atoms with E-state index in [0.717, 1.165) is 16.1 Å². The molecule has 0 bridgehead atoms. The van der Waals surface area contributed by atoms with Crippen LogP contribution in [0.1, 0.15) is 12.5 Å². The maximum atomic E-state index is 13.2. The van der Waals surface area contributed by atoms with Gasteiger partial charge in [-0.05, 0) is 42.8 Å². The lowest BCUT2D eigenvalue weighted by Gasteiger charge is -2.31. The van der Waals surface area contributed by atoms with E-state index >= 15 is 0 Å². The van der Waals surface area contributed by atoms with Gasteiger partial charge in [0.05, 0.1) is 11.9 Å². The van der Waals surface area contributed by atoms with Gasteiger partial charge in [0.1, 0.15) is 12.6 Å². The minimum absolute atomic E-state index is 0.101. The molecule has 0 heterocycles. The summed E-state index contributed by atoms with van der Waals surface area (Å²) in [6, 6.07) is 12.8. The molecule has 1 N–H and O–H groups in total. The Bertz CT molecular complexity index is 1030. The van der Waals surface area contributed by atoms with Crippen LogP contribution in [0.25, 0.3) is 0 Å². The molecule has 10 heteroatoms. The highest BCUT2D eigenvalue weighted by atomic mass is 79.9. The van der Waals surface area contributed by atoms with Crippen LogP contribution in [0.2, 0.25) is 5.02 Å². The summed E-state index contributed by atoms with van der Waals surface area (Å²) < 4.78 is 26.5. The van der Waals surface area contributed by atoms with Crippen molar-refractivity contribution in [3.8, 4) is 0 Å². The lowest BCUT2D eigenvalue weighted by atomic mass is 10.1. The first kappa shape index (κ1) is 24.2. The van der Waals surface area contributed by atoms with Crippen molar-refractivity contribution in [2.75, 3.05) is 24.2 Å². The van der Waals surface area contributed by atoms with Crippen LogP contribution in [0.3, 0.4) is 0 Å². The third-order valence-corrected chi connectivity index (χ3v) is 6.30. The van der Waals surface area contributed by atoms with Gasteiger partial charge in [0, 0.05) is 23.1 Å². The minimum atomic E-state index is -3.75. The van der Waals surface area contributed by atoms with Gasteiger partial charge in [-0.2, -0.15) is 0 Å². The molecule has 0 saturated carbocycles. The van der Waals surface area contributed by atoms with Crippen LogP contribution in [0, 0.1) is 0 Å². The number of carbonyl (C=O) groups is 2. The summed E-state index contributed by atoms with van der Waals surface area (Å²) in [5.41, 5.74) is 1.07. The van der Waals surface area contributed by atoms with Crippen molar-refractivity contribution in [2.24, 2.45) is 0 Å². The van der Waals surface area contributed by atoms with Crippen molar-refractivity contribution in [2.45, 2.75) is 19.5 Å². The second-order valence-corrected chi connectivity index (χ2v) is 9.95. The Kier molecular flexibility index (Phi) is 8.28. The number of benzene rings is 2. The smallest absolute Gasteiger partial charge is 0.244 e. The standard InChI is InChI=1S/C20H23BrClN3O4S/c1-14(20(27)23-2)24(12-15-6-4-8-17(22)10-15)19(26)13-25(30(3,28)29)18-9-5-7-16(21)11-18/h4-11,14H,12-13H2,1-3H3,(H,23,27)/t14-/m0/s1. The van der Waals surface area contributed by atoms with E-state index in [9.17, 15) is 18.0 Å². The number of nitrogens with zero attached hydrogens (tertiary/aromatic N) is 2. The Morgan fingerprint density at radius 1 is 1.17 bits per heavy atom. The molecule has 1 atom stereocenters. The summed E-state index contributed by atoms with van der Waals surface area (Å²) in [6.45, 7) is 1.24. The molecule has 0 aromatic heterocycles. The van der Waals surface area contributed by atoms with Gasteiger partial charge in [-0.15, -0.1) is 0 Å². The van der Waals surface area contributed by atoms with Crippen molar-refractivity contribution < 1.29 is 18.0 Å². The summed E-state index contributed by atoms with van der Waals surface area (Å²) in [6.07, 6.45) is 1.03. The molecule has 2 aromatic carbocycles. The molecule has 2 amide bonds. The number of likely N-dealkylation sites (N-methyl/N-ethyl adjacent to an activating group) is 1. The second kappa shape index (κ2) is 10.3. The average molecular weight is 517 g/mol. The van der Waals surface area contributed by atoms with E-state index in [-0.39, 0.29) is 12.5 Å². The van der Waals surface area contributed by atoms with Crippen LogP contribution >= 0.6 is 27.5 Å². The zero-order valence-electron chi connectivity index (χ0n) is 16.8. The molecule has 2 rings (SSSR count). The highest BCUT2D eigenvalue weighted by molar-refractivity contribution is 9.10. The van der Waals surface area contributed by atoms with E-state index in [4.69, 9.17) is 11.6 Å². The van der Waals surface area contributed by atoms with Gasteiger partial charge in [-0.3, -0.25) is 13.9 Å². The molecule has 0 aliphatic carbocycles. The average Bonchev–Trinajstić information content (AvgIpc) is 2.68. The predicted molar refractivity (Wildman–Crippen MR) is 122 cm³/mol. The largest absolute Gasteiger partial charge is 0.357 e. The molecule has 0 spiro atoms. The van der Waals surface area contributed by atoms with Crippen LogP contribution in [0.15, 0.2) is 53.0 Å². The number of amides is 2. The van der Waals surface area contributed by atoms with Crippen molar-refractivity contribution in [1.82, 2.24) is 10.2 Å². The summed E-state index contributed by atoms with van der Waals surface area (Å²) in [4.78, 5) is 26.8. The lowest BCUT2D eigenvalue weighted by Crippen LogP contribution is -2.50. The Morgan fingerprint density at radius 3 is 2.40 bits per heavy atom. The molecular formula is C20H23BrClN3O4S. The first-order valence-corrected chi connectivity index (χ1v) is 12.0. The van der Waals surface area contributed by atoms with E-state index in [2.05, 4.69) is 21.2 Å². The van der Waals surface area contributed by atoms with Gasteiger partial charge < -0.3 is 10.2 Å². The molecule has 0 fully saturated rings. The molecule has 2 aromatic rings. The third kappa shape index (κ3) is 6.45. The highest BCUT2D eigenvalue weighted by Gasteiger charge is 2.29. The number of anilines is 1. The quantitative estimate of drug-likeness (QED) is 0.584. The maximum Gasteiger partial charge on any atom is 0.244 e. The maximum absolute atomic E-state index is 13.2. The number of hydrogen-bond donors (Lipinski definition) is 1. The third-order valence-electron chi connectivity index (χ3n) is 4.43. The van der Waals surface area contributed by atoms with Gasteiger partial charge in [-0.1, -0.05) is 45.7 Å². The summed E-state index contributed by atoms with van der Waals surface area (Å²) in [7, 11) is -2.27. The first-order chi connectivity index (χ1) is 14.0.